The quantitative estimate of drug-likeness (QED) is 0.0698. The molecule has 0 bridgehead atoms. The van der Waals surface area contributed by atoms with Crippen molar-refractivity contribution in [1.82, 2.24) is 29.9 Å². The van der Waals surface area contributed by atoms with E-state index in [1.807, 2.05) is 133 Å². The third kappa shape index (κ3) is 36.2. The van der Waals surface area contributed by atoms with E-state index in [0.29, 0.717) is 176 Å². The van der Waals surface area contributed by atoms with Gasteiger partial charge in [-0.25, -0.2) is 9.97 Å². The van der Waals surface area contributed by atoms with Crippen LogP contribution in [-0.2, 0) is 68.9 Å². The summed E-state index contributed by atoms with van der Waals surface area (Å²) in [5.74, 6) is 3.87. The molecule has 36 heteroatoms. The van der Waals surface area contributed by atoms with E-state index in [9.17, 15) is 50.4 Å². The molecule has 21 nitrogen and oxygen atoms in total. The Morgan fingerprint density at radius 1 is 0.292 bits per heavy atom. The van der Waals surface area contributed by atoms with Gasteiger partial charge >= 0.3 is 93.3 Å². The summed E-state index contributed by atoms with van der Waals surface area (Å²) in [7, 11) is -21.3. The van der Waals surface area contributed by atoms with Gasteiger partial charge in [0.1, 0.15) is 51.1 Å². The van der Waals surface area contributed by atoms with Gasteiger partial charge in [-0.1, -0.05) is 36.4 Å². The number of ether oxygens (including phenoxy) is 12. The Morgan fingerprint density at radius 2 is 0.521 bits per heavy atom. The maximum atomic E-state index is 9.87. The predicted octanol–water partition coefficient (Wildman–Crippen LogP) is 13.5. The number of nitrogens with zero attached hydrogens (tertiary/aromatic N) is 6. The van der Waals surface area contributed by atoms with E-state index >= 15 is 0 Å². The third-order valence-electron chi connectivity index (χ3n) is 11.6. The van der Waals surface area contributed by atoms with Crippen LogP contribution in [-0.4, -0.2) is 152 Å². The minimum absolute atomic E-state index is 0. The molecule has 0 atom stereocenters. The molecule has 96 heavy (non-hydrogen) atoms. The molecule has 524 valence electrons. The smallest absolute Gasteiger partial charge is 0.489 e. The van der Waals surface area contributed by atoms with Crippen LogP contribution >= 0.6 is 15.6 Å². The molecule has 8 heterocycles. The fraction of sp³-hybridized carbons (Fsp3) is 0.300. The van der Waals surface area contributed by atoms with Crippen molar-refractivity contribution in [2.24, 2.45) is 0 Å². The molecule has 0 radical (unpaired) electrons. The fourth-order valence-electron chi connectivity index (χ4n) is 7.77. The normalized spacial score (nSPS) is 15.6. The average molecular weight is 1520 g/mol. The van der Waals surface area contributed by atoms with Crippen LogP contribution in [0.2, 0.25) is 0 Å². The molecule has 2 aromatic carbocycles. The van der Waals surface area contributed by atoms with Gasteiger partial charge in [-0.2, -0.15) is 0 Å². The molecule has 0 saturated heterocycles. The van der Waals surface area contributed by atoms with Gasteiger partial charge in [-0.15, -0.1) is 0 Å². The summed E-state index contributed by atoms with van der Waals surface area (Å²) in [6.45, 7) is 8.22. The van der Waals surface area contributed by atoms with Gasteiger partial charge in [0.05, 0.1) is 125 Å². The Kier molecular flexibility index (Phi) is 32.4. The maximum Gasteiger partial charge on any atom is 2.00 e. The first-order valence-corrected chi connectivity index (χ1v) is 32.0. The second-order valence-electron chi connectivity index (χ2n) is 19.1. The number of hydrogen-bond acceptors (Lipinski definition) is 18. The van der Waals surface area contributed by atoms with Gasteiger partial charge in [0.25, 0.3) is 0 Å². The molecular weight excluding hydrogens is 1450 g/mol. The fourth-order valence-corrected chi connectivity index (χ4v) is 7.77. The van der Waals surface area contributed by atoms with Crippen LogP contribution in [0.1, 0.15) is 11.1 Å². The van der Waals surface area contributed by atoms with Crippen molar-refractivity contribution in [3.05, 3.63) is 169 Å². The van der Waals surface area contributed by atoms with Crippen molar-refractivity contribution in [3.8, 4) is 80.0 Å². The largest absolute Gasteiger partial charge is 2.00 e. The minimum atomic E-state index is -10.7. The third-order valence-corrected chi connectivity index (χ3v) is 11.6. The topological polar surface area (TPSA) is 283 Å². The van der Waals surface area contributed by atoms with Gasteiger partial charge in [0.15, 0.2) is 23.0 Å². The van der Waals surface area contributed by atoms with Crippen molar-refractivity contribution >= 4 is 15.6 Å². The van der Waals surface area contributed by atoms with E-state index in [4.69, 9.17) is 66.8 Å². The predicted molar refractivity (Wildman–Crippen MR) is 328 cm³/mol. The van der Waals surface area contributed by atoms with Crippen molar-refractivity contribution in [2.75, 3.05) is 106 Å². The van der Waals surface area contributed by atoms with Crippen LogP contribution in [0.5, 0.6) is 34.5 Å². The SMILES string of the molecule is F[P-](F)(F)(F)(F)F.F[P-](F)(F)(F)(F)F.O.O.O.[Cd+2].c1ccc(-c2cc(OCc3ccc4c(c3)OCCOCCOCCOCCO4)cc(-c3ccccn3)n2)nc1.c1ccc(-c2cc(OCc3ccc4c(c3)OCCOCCOCCOCCO4)cc(-c3ccccn3)n2)nc1. The molecular formula is C60H68CdF12N6O15P2. The second kappa shape index (κ2) is 37.5. The molecule has 2 aliphatic heterocycles. The van der Waals surface area contributed by atoms with Crippen LogP contribution in [0.3, 0.4) is 0 Å². The van der Waals surface area contributed by atoms with Gasteiger partial charge in [0.2, 0.25) is 0 Å². The molecule has 0 aliphatic carbocycles. The van der Waals surface area contributed by atoms with Crippen molar-refractivity contribution in [1.29, 1.82) is 0 Å². The summed E-state index contributed by atoms with van der Waals surface area (Å²) in [4.78, 5) is 27.4. The van der Waals surface area contributed by atoms with Gasteiger partial charge in [-0.3, -0.25) is 19.9 Å². The monoisotopic (exact) mass is 1520 g/mol. The van der Waals surface area contributed by atoms with Crippen LogP contribution in [0.4, 0.5) is 50.4 Å². The molecule has 6 N–H and O–H groups in total. The number of halogens is 12. The van der Waals surface area contributed by atoms with E-state index in [1.54, 1.807) is 24.8 Å². The number of pyridine rings is 6. The Bertz CT molecular complexity index is 3190. The van der Waals surface area contributed by atoms with E-state index in [-0.39, 0.29) is 43.7 Å². The summed E-state index contributed by atoms with van der Waals surface area (Å²) in [6, 6.07) is 42.0. The van der Waals surface area contributed by atoms with Crippen molar-refractivity contribution in [2.45, 2.75) is 13.2 Å². The summed E-state index contributed by atoms with van der Waals surface area (Å²) < 4.78 is 188. The molecule has 0 amide bonds. The van der Waals surface area contributed by atoms with Crippen LogP contribution in [0.15, 0.2) is 158 Å². The summed E-state index contributed by atoms with van der Waals surface area (Å²) in [5.41, 5.74) is 7.70. The Hall–Kier alpha value is -7.28. The van der Waals surface area contributed by atoms with Gasteiger partial charge in [0, 0.05) is 49.1 Å². The Labute approximate surface area is 562 Å². The number of benzene rings is 2. The number of hydrogen-bond donors (Lipinski definition) is 0. The van der Waals surface area contributed by atoms with Crippen LogP contribution in [0.25, 0.3) is 45.6 Å². The second-order valence-corrected chi connectivity index (χ2v) is 23.0. The average Bonchev–Trinajstić information content (AvgIpc) is 0.825. The zero-order valence-electron chi connectivity index (χ0n) is 51.0. The molecule has 10 rings (SSSR count). The summed E-state index contributed by atoms with van der Waals surface area (Å²) >= 11 is 0. The van der Waals surface area contributed by atoms with E-state index in [0.717, 1.165) is 33.9 Å². The van der Waals surface area contributed by atoms with E-state index < -0.39 is 15.6 Å². The zero-order chi connectivity index (χ0) is 65.9. The van der Waals surface area contributed by atoms with E-state index in [1.165, 1.54) is 0 Å². The van der Waals surface area contributed by atoms with Gasteiger partial charge in [-0.05, 0) is 83.9 Å². The molecule has 0 saturated carbocycles. The van der Waals surface area contributed by atoms with Crippen LogP contribution in [0, 0.1) is 0 Å². The molecule has 8 aromatic rings. The first-order valence-electron chi connectivity index (χ1n) is 27.9. The molecule has 0 spiro atoms. The molecule has 0 unspecified atom stereocenters. The zero-order valence-corrected chi connectivity index (χ0v) is 56.8. The summed E-state index contributed by atoms with van der Waals surface area (Å²) in [5, 5.41) is 0. The first kappa shape index (κ1) is 83.0. The Balaban J connectivity index is 0.000000403. The van der Waals surface area contributed by atoms with Crippen molar-refractivity contribution < 1.29 is 151 Å². The molecule has 6 aromatic heterocycles. The number of fused-ring (bicyclic) bond motifs is 2. The first-order chi connectivity index (χ1) is 43.6. The number of aromatic nitrogens is 6. The van der Waals surface area contributed by atoms with Crippen molar-refractivity contribution in [3.63, 3.8) is 0 Å². The molecule has 0 fully saturated rings. The summed E-state index contributed by atoms with van der Waals surface area (Å²) in [6.07, 6.45) is 6.98. The number of rotatable bonds is 10. The van der Waals surface area contributed by atoms with E-state index in [2.05, 4.69) is 19.9 Å². The standard InChI is InChI=1S/2C30H31N3O6.Cd.2F6P.3H2O/c2*1-3-9-31-25(5-1)27-20-24(21-28(33-27)26-6-2-4-10-32-26)39-22-23-7-8-29-30(19-23)38-18-16-36-14-12-34-11-13-35-15-17-37-29;;2*1-7(2,3,4,5)6;;;/h2*1-10,19-21H,11-18,22H2;;;;3*1H2/q;;+2;2*-1;;;. The maximum absolute atomic E-state index is 10.7. The van der Waals surface area contributed by atoms with Crippen LogP contribution < -0.4 is 28.4 Å². The molecule has 2 aliphatic rings. The van der Waals surface area contributed by atoms with Gasteiger partial charge < -0.3 is 73.3 Å². The Morgan fingerprint density at radius 3 is 0.750 bits per heavy atom. The minimum Gasteiger partial charge on any atom is -0.489 e.